The van der Waals surface area contributed by atoms with Crippen LogP contribution in [0.15, 0.2) is 41.3 Å². The number of methoxy groups -OCH3 is 2. The Bertz CT molecular complexity index is 1050. The molecule has 2 aromatic carbocycles. The molecule has 0 saturated carbocycles. The number of carbonyl (C=O) groups is 1. The second-order valence-corrected chi connectivity index (χ2v) is 9.31. The normalized spacial score (nSPS) is 14.2. The average molecular weight is 463 g/mol. The minimum Gasteiger partial charge on any atom is -0.493 e. The van der Waals surface area contributed by atoms with E-state index in [4.69, 9.17) is 14.2 Å². The Labute approximate surface area is 189 Å². The topological polar surface area (TPSA) is 94.2 Å². The molecule has 1 N–H and O–H groups in total. The lowest BCUT2D eigenvalue weighted by atomic mass is 10.1. The molecular weight excluding hydrogens is 432 g/mol. The molecule has 0 aromatic heterocycles. The number of anilines is 1. The molecule has 1 heterocycles. The smallest absolute Gasteiger partial charge is 0.246 e. The quantitative estimate of drug-likeness (QED) is 0.581. The number of nitrogens with one attached hydrogen (secondary N) is 1. The van der Waals surface area contributed by atoms with Gasteiger partial charge in [-0.25, -0.2) is 8.42 Å². The molecular formula is C23H30N2O6S. The fourth-order valence-electron chi connectivity index (χ4n) is 3.75. The van der Waals surface area contributed by atoms with E-state index in [1.165, 1.54) is 10.4 Å². The van der Waals surface area contributed by atoms with E-state index in [9.17, 15) is 13.2 Å². The Morgan fingerprint density at radius 2 is 1.81 bits per heavy atom. The maximum Gasteiger partial charge on any atom is 0.246 e. The monoisotopic (exact) mass is 462 g/mol. The summed E-state index contributed by atoms with van der Waals surface area (Å²) in [5.41, 5.74) is 1.26. The number of para-hydroxylation sites is 1. The van der Waals surface area contributed by atoms with Gasteiger partial charge in [-0.3, -0.25) is 4.79 Å². The Morgan fingerprint density at radius 1 is 1.06 bits per heavy atom. The zero-order valence-corrected chi connectivity index (χ0v) is 19.5. The van der Waals surface area contributed by atoms with Crippen molar-refractivity contribution in [1.29, 1.82) is 0 Å². The molecule has 0 unspecified atom stereocenters. The zero-order chi connectivity index (χ0) is 23.1. The lowest BCUT2D eigenvalue weighted by Gasteiger charge is -2.19. The van der Waals surface area contributed by atoms with Crippen molar-refractivity contribution in [2.45, 2.75) is 37.5 Å². The van der Waals surface area contributed by atoms with Gasteiger partial charge in [0.1, 0.15) is 10.6 Å². The summed E-state index contributed by atoms with van der Waals surface area (Å²) in [4.78, 5) is 12.7. The van der Waals surface area contributed by atoms with Crippen molar-refractivity contribution in [3.8, 4) is 17.2 Å². The van der Waals surface area contributed by atoms with Crippen LogP contribution in [0.25, 0.3) is 0 Å². The van der Waals surface area contributed by atoms with Crippen molar-refractivity contribution in [3.63, 3.8) is 0 Å². The Kier molecular flexibility index (Phi) is 7.98. The maximum absolute atomic E-state index is 13.1. The summed E-state index contributed by atoms with van der Waals surface area (Å²) in [6.45, 7) is 3.13. The third kappa shape index (κ3) is 5.34. The van der Waals surface area contributed by atoms with Crippen LogP contribution in [0.2, 0.25) is 0 Å². The minimum absolute atomic E-state index is 0.0773. The van der Waals surface area contributed by atoms with Gasteiger partial charge in [0.15, 0.2) is 11.5 Å². The molecule has 3 rings (SSSR count). The molecule has 2 aromatic rings. The number of hydrogen-bond acceptors (Lipinski definition) is 6. The van der Waals surface area contributed by atoms with E-state index in [-0.39, 0.29) is 17.2 Å². The number of ether oxygens (including phenoxy) is 3. The van der Waals surface area contributed by atoms with Crippen molar-refractivity contribution in [2.24, 2.45) is 0 Å². The number of sulfonamides is 1. The number of benzene rings is 2. The summed E-state index contributed by atoms with van der Waals surface area (Å²) < 4.78 is 44.0. The van der Waals surface area contributed by atoms with Crippen molar-refractivity contribution >= 4 is 21.6 Å². The second-order valence-electron chi connectivity index (χ2n) is 7.41. The summed E-state index contributed by atoms with van der Waals surface area (Å²) >= 11 is 0. The van der Waals surface area contributed by atoms with Gasteiger partial charge in [0.2, 0.25) is 15.9 Å². The van der Waals surface area contributed by atoms with Gasteiger partial charge in [-0.05, 0) is 56.0 Å². The van der Waals surface area contributed by atoms with Crippen LogP contribution in [0.3, 0.4) is 0 Å². The number of nitrogens with zero attached hydrogens (tertiary/aromatic N) is 1. The van der Waals surface area contributed by atoms with Crippen LogP contribution >= 0.6 is 0 Å². The van der Waals surface area contributed by atoms with Gasteiger partial charge in [-0.15, -0.1) is 0 Å². The molecule has 8 nitrogen and oxygen atoms in total. The summed E-state index contributed by atoms with van der Waals surface area (Å²) in [5.74, 6) is 1.26. The molecule has 0 aliphatic carbocycles. The molecule has 0 radical (unpaired) electrons. The van der Waals surface area contributed by atoms with Gasteiger partial charge in [0.05, 0.1) is 20.8 Å². The van der Waals surface area contributed by atoms with Gasteiger partial charge < -0.3 is 19.5 Å². The van der Waals surface area contributed by atoms with Crippen LogP contribution in [0.5, 0.6) is 17.2 Å². The number of carbonyl (C=O) groups excluding carboxylic acids is 1. The molecule has 1 fully saturated rings. The van der Waals surface area contributed by atoms with E-state index in [1.807, 2.05) is 12.1 Å². The van der Waals surface area contributed by atoms with E-state index in [1.54, 1.807) is 39.3 Å². The van der Waals surface area contributed by atoms with Crippen molar-refractivity contribution in [3.05, 3.63) is 42.0 Å². The first kappa shape index (κ1) is 23.9. The van der Waals surface area contributed by atoms with Crippen molar-refractivity contribution in [1.82, 2.24) is 4.31 Å². The Hall–Kier alpha value is -2.78. The summed E-state index contributed by atoms with van der Waals surface area (Å²) in [7, 11) is -0.572. The fraction of sp³-hybridized carbons (Fsp3) is 0.435. The third-order valence-electron chi connectivity index (χ3n) is 5.32. The van der Waals surface area contributed by atoms with Gasteiger partial charge in [-0.2, -0.15) is 4.31 Å². The fourth-order valence-corrected chi connectivity index (χ4v) is 5.43. The molecule has 0 atom stereocenters. The minimum atomic E-state index is -3.70. The van der Waals surface area contributed by atoms with Crippen LogP contribution in [0.4, 0.5) is 5.69 Å². The molecule has 1 aliphatic heterocycles. The van der Waals surface area contributed by atoms with Crippen LogP contribution < -0.4 is 19.5 Å². The lowest BCUT2D eigenvalue weighted by molar-refractivity contribution is -0.116. The third-order valence-corrected chi connectivity index (χ3v) is 7.24. The Morgan fingerprint density at radius 3 is 2.47 bits per heavy atom. The van der Waals surface area contributed by atoms with Crippen LogP contribution in [-0.4, -0.2) is 52.5 Å². The van der Waals surface area contributed by atoms with Gasteiger partial charge in [0, 0.05) is 25.2 Å². The molecule has 174 valence electrons. The van der Waals surface area contributed by atoms with E-state index in [2.05, 4.69) is 5.32 Å². The van der Waals surface area contributed by atoms with E-state index in [0.717, 1.165) is 18.4 Å². The van der Waals surface area contributed by atoms with Crippen molar-refractivity contribution in [2.75, 3.05) is 39.2 Å². The second kappa shape index (κ2) is 10.7. The largest absolute Gasteiger partial charge is 0.493 e. The molecule has 0 bridgehead atoms. The first-order valence-corrected chi connectivity index (χ1v) is 12.1. The predicted octanol–water partition coefficient (Wildman–Crippen LogP) is 3.46. The molecule has 0 spiro atoms. The van der Waals surface area contributed by atoms with Crippen molar-refractivity contribution < 1.29 is 27.4 Å². The number of hydrogen-bond donors (Lipinski definition) is 1. The van der Waals surface area contributed by atoms with E-state index >= 15 is 0 Å². The number of aryl methyl sites for hydroxylation is 1. The highest BCUT2D eigenvalue weighted by atomic mass is 32.2. The van der Waals surface area contributed by atoms with Crippen LogP contribution in [0, 0.1) is 0 Å². The predicted molar refractivity (Wildman–Crippen MR) is 122 cm³/mol. The molecule has 9 heteroatoms. The van der Waals surface area contributed by atoms with E-state index < -0.39 is 10.0 Å². The zero-order valence-electron chi connectivity index (χ0n) is 18.7. The van der Waals surface area contributed by atoms with Crippen LogP contribution in [0.1, 0.15) is 31.7 Å². The van der Waals surface area contributed by atoms with Gasteiger partial charge in [0.25, 0.3) is 0 Å². The lowest BCUT2D eigenvalue weighted by Crippen LogP contribution is -2.28. The summed E-state index contributed by atoms with van der Waals surface area (Å²) in [6.07, 6.45) is 2.33. The molecule has 1 amide bonds. The highest BCUT2D eigenvalue weighted by molar-refractivity contribution is 7.89. The molecule has 1 aliphatic rings. The highest BCUT2D eigenvalue weighted by Crippen LogP contribution is 2.33. The van der Waals surface area contributed by atoms with E-state index in [0.29, 0.717) is 49.1 Å². The SMILES string of the molecule is CCOc1ccc(NC(=O)CCc2cccc(OC)c2OC)cc1S(=O)(=O)N1CCCC1. The van der Waals surface area contributed by atoms with Gasteiger partial charge in [-0.1, -0.05) is 12.1 Å². The molecule has 1 saturated heterocycles. The summed E-state index contributed by atoms with van der Waals surface area (Å²) in [5, 5.41) is 2.80. The first-order valence-electron chi connectivity index (χ1n) is 10.7. The maximum atomic E-state index is 13.1. The highest BCUT2D eigenvalue weighted by Gasteiger charge is 2.30. The van der Waals surface area contributed by atoms with Gasteiger partial charge >= 0.3 is 0 Å². The van der Waals surface area contributed by atoms with Crippen LogP contribution in [-0.2, 0) is 21.2 Å². The standard InChI is InChI=1S/C23H30N2O6S/c1-4-31-19-12-11-18(16-21(19)32(27,28)25-14-5-6-15-25)24-22(26)13-10-17-8-7-9-20(29-2)23(17)30-3/h7-9,11-12,16H,4-6,10,13-15H2,1-3H3,(H,24,26). The Balaban J connectivity index is 1.75. The summed E-state index contributed by atoms with van der Waals surface area (Å²) in [6, 6.07) is 10.2. The molecule has 32 heavy (non-hydrogen) atoms. The first-order chi connectivity index (χ1) is 15.4. The number of amides is 1. The average Bonchev–Trinajstić information content (AvgIpc) is 3.34. The number of rotatable bonds is 10.